The molecule has 14 heteroatoms. The summed E-state index contributed by atoms with van der Waals surface area (Å²) in [5, 5.41) is 5.48. The molecule has 0 spiro atoms. The molecular formula is C34H47BN3O9S. The number of esters is 1. The van der Waals surface area contributed by atoms with E-state index < -0.39 is 57.7 Å². The molecular weight excluding hydrogens is 637 g/mol. The van der Waals surface area contributed by atoms with Gasteiger partial charge in [-0.15, -0.1) is 13.2 Å². The Morgan fingerprint density at radius 3 is 2.40 bits per heavy atom. The van der Waals surface area contributed by atoms with E-state index in [-0.39, 0.29) is 42.7 Å². The third-order valence-electron chi connectivity index (χ3n) is 9.38. The van der Waals surface area contributed by atoms with Gasteiger partial charge < -0.3 is 25.0 Å². The number of hydrogen-bond acceptors (Lipinski definition) is 9. The van der Waals surface area contributed by atoms with Crippen LogP contribution in [-0.4, -0.2) is 88.0 Å². The first-order chi connectivity index (χ1) is 23.0. The molecule has 2 saturated carbocycles. The fourth-order valence-electron chi connectivity index (χ4n) is 6.51. The molecule has 3 aliphatic rings. The fourth-order valence-corrected chi connectivity index (χ4v) is 7.59. The lowest BCUT2D eigenvalue weighted by molar-refractivity contribution is -0.148. The number of alkyl carbamates (subject to hydrolysis) is 1. The van der Waals surface area contributed by atoms with Gasteiger partial charge in [-0.2, -0.15) is 8.42 Å². The van der Waals surface area contributed by atoms with Crippen LogP contribution in [0.4, 0.5) is 4.79 Å². The minimum atomic E-state index is -4.26. The zero-order valence-corrected chi connectivity index (χ0v) is 28.7. The van der Waals surface area contributed by atoms with Crippen LogP contribution >= 0.6 is 0 Å². The van der Waals surface area contributed by atoms with Crippen LogP contribution in [0.1, 0.15) is 70.6 Å². The highest BCUT2D eigenvalue weighted by molar-refractivity contribution is 7.86. The second kappa shape index (κ2) is 16.6. The van der Waals surface area contributed by atoms with E-state index in [4.69, 9.17) is 13.7 Å². The number of carbonyl (C=O) groups is 4. The van der Waals surface area contributed by atoms with E-state index in [2.05, 4.69) is 23.8 Å². The first-order valence-corrected chi connectivity index (χ1v) is 18.1. The molecule has 0 aromatic heterocycles. The van der Waals surface area contributed by atoms with Crippen molar-refractivity contribution >= 4 is 46.7 Å². The summed E-state index contributed by atoms with van der Waals surface area (Å²) < 4.78 is 42.7. The van der Waals surface area contributed by atoms with Gasteiger partial charge in [0.25, 0.3) is 10.1 Å². The number of amides is 3. The third-order valence-corrected chi connectivity index (χ3v) is 10.8. The Labute approximate surface area is 284 Å². The smallest absolute Gasteiger partial charge is 0.408 e. The van der Waals surface area contributed by atoms with Gasteiger partial charge in [-0.05, 0) is 63.5 Å². The number of likely N-dealkylation sites (tertiary alicyclic amines) is 1. The van der Waals surface area contributed by atoms with Crippen LogP contribution in [0.5, 0.6) is 0 Å². The summed E-state index contributed by atoms with van der Waals surface area (Å²) in [5.74, 6) is -2.25. The van der Waals surface area contributed by atoms with Gasteiger partial charge in [-0.25, -0.2) is 9.59 Å². The minimum Gasteiger partial charge on any atom is -0.467 e. The molecule has 1 heterocycles. The van der Waals surface area contributed by atoms with Gasteiger partial charge in [-0.3, -0.25) is 13.8 Å². The lowest BCUT2D eigenvalue weighted by Gasteiger charge is -2.29. The van der Waals surface area contributed by atoms with Crippen molar-refractivity contribution in [3.63, 3.8) is 0 Å². The van der Waals surface area contributed by atoms with E-state index in [0.717, 1.165) is 50.4 Å². The van der Waals surface area contributed by atoms with Crippen LogP contribution in [0.3, 0.4) is 0 Å². The minimum absolute atomic E-state index is 0.0657. The standard InChI is InChI=1S/C34H47BN3O9S/c1-5-7-8-9-10-15-28(36-33(42)46-25-13-11-12-14-25)31(40)38-22-26(47-48(43,44)27-18-16-24(35-3)17-19-27)20-29(38)30(39)37-34(32(41)45-4)21-23(34)6-2/h5-6,16-19,23,25-26,28-29H,1-2,7-15,20-22H2,3-4H3,(H,36,42)(H,37,39)/t23-,26+,28+,29+,34-/m1/s1. The van der Waals surface area contributed by atoms with Crippen LogP contribution in [0, 0.1) is 5.92 Å². The maximum atomic E-state index is 14.2. The van der Waals surface area contributed by atoms with E-state index in [1.165, 1.54) is 24.1 Å². The highest BCUT2D eigenvalue weighted by Gasteiger charge is 2.62. The van der Waals surface area contributed by atoms with Crippen molar-refractivity contribution in [2.45, 2.75) is 112 Å². The van der Waals surface area contributed by atoms with Crippen LogP contribution in [0.25, 0.3) is 0 Å². The predicted octanol–water partition coefficient (Wildman–Crippen LogP) is 3.15. The second-order valence-electron chi connectivity index (χ2n) is 12.7. The van der Waals surface area contributed by atoms with E-state index in [9.17, 15) is 27.6 Å². The Kier molecular flexibility index (Phi) is 12.9. The fraction of sp³-hybridized carbons (Fsp3) is 0.588. The molecule has 0 bridgehead atoms. The zero-order chi connectivity index (χ0) is 34.9. The number of nitrogens with one attached hydrogen (secondary N) is 2. The molecule has 1 radical (unpaired) electrons. The van der Waals surface area contributed by atoms with E-state index in [1.54, 1.807) is 18.2 Å². The predicted molar refractivity (Wildman–Crippen MR) is 180 cm³/mol. The maximum absolute atomic E-state index is 14.2. The number of allylic oxidation sites excluding steroid dienone is 1. The van der Waals surface area contributed by atoms with Gasteiger partial charge in [0, 0.05) is 18.9 Å². The maximum Gasteiger partial charge on any atom is 0.408 e. The molecule has 12 nitrogen and oxygen atoms in total. The average Bonchev–Trinajstić information content (AvgIpc) is 3.34. The molecule has 1 aromatic rings. The second-order valence-corrected chi connectivity index (χ2v) is 14.3. The van der Waals surface area contributed by atoms with Gasteiger partial charge in [0.15, 0.2) is 0 Å². The molecule has 261 valence electrons. The SMILES string of the molecule is C=CCCCCC[C@H](NC(=O)OC1CCCC1)C(=O)N1C[C@@H](OS(=O)(=O)c2ccc([B]C)cc2)C[C@H]1C(=O)N[C@]1(C(=O)OC)C[C@H]1C=C. The summed E-state index contributed by atoms with van der Waals surface area (Å²) >= 11 is 0. The highest BCUT2D eigenvalue weighted by Crippen LogP contribution is 2.45. The quantitative estimate of drug-likeness (QED) is 0.0827. The largest absolute Gasteiger partial charge is 0.467 e. The van der Waals surface area contributed by atoms with Gasteiger partial charge in [0.05, 0.1) is 18.1 Å². The van der Waals surface area contributed by atoms with Crippen molar-refractivity contribution in [1.82, 2.24) is 15.5 Å². The molecule has 5 atom stereocenters. The summed E-state index contributed by atoms with van der Waals surface area (Å²) in [4.78, 5) is 54.9. The Morgan fingerprint density at radius 2 is 1.79 bits per heavy atom. The molecule has 3 fully saturated rings. The lowest BCUT2D eigenvalue weighted by atomic mass is 9.74. The van der Waals surface area contributed by atoms with Crippen LogP contribution in [0.15, 0.2) is 54.5 Å². The summed E-state index contributed by atoms with van der Waals surface area (Å²) in [5.41, 5.74) is -0.505. The first kappa shape index (κ1) is 37.2. The molecule has 1 aromatic carbocycles. The Balaban J connectivity index is 1.57. The van der Waals surface area contributed by atoms with Crippen molar-refractivity contribution in [3.8, 4) is 0 Å². The van der Waals surface area contributed by atoms with Gasteiger partial charge in [-0.1, -0.05) is 49.4 Å². The average molecular weight is 685 g/mol. The number of hydrogen-bond donors (Lipinski definition) is 2. The normalized spacial score (nSPS) is 24.3. The third kappa shape index (κ3) is 9.07. The summed E-state index contributed by atoms with van der Waals surface area (Å²) in [7, 11) is -1.22. The number of nitrogens with zero attached hydrogens (tertiary/aromatic N) is 1. The number of benzene rings is 1. The molecule has 1 saturated heterocycles. The Morgan fingerprint density at radius 1 is 1.08 bits per heavy atom. The van der Waals surface area contributed by atoms with E-state index in [1.807, 2.05) is 20.2 Å². The molecule has 48 heavy (non-hydrogen) atoms. The van der Waals surface area contributed by atoms with Crippen molar-refractivity contribution in [2.75, 3.05) is 13.7 Å². The van der Waals surface area contributed by atoms with Crippen LogP contribution in [-0.2, 0) is 38.2 Å². The summed E-state index contributed by atoms with van der Waals surface area (Å²) in [6, 6.07) is 3.91. The zero-order valence-electron chi connectivity index (χ0n) is 27.9. The monoisotopic (exact) mass is 684 g/mol. The number of unbranched alkanes of at least 4 members (excludes halogenated alkanes) is 3. The van der Waals surface area contributed by atoms with Crippen LogP contribution in [0.2, 0.25) is 6.82 Å². The van der Waals surface area contributed by atoms with Crippen molar-refractivity contribution in [2.24, 2.45) is 5.92 Å². The van der Waals surface area contributed by atoms with Crippen molar-refractivity contribution < 1.29 is 41.3 Å². The molecule has 4 rings (SSSR count). The molecule has 2 N–H and O–H groups in total. The number of rotatable bonds is 17. The molecule has 1 aliphatic heterocycles. The van der Waals surface area contributed by atoms with Gasteiger partial charge in [0.2, 0.25) is 11.8 Å². The lowest BCUT2D eigenvalue weighted by Crippen LogP contribution is -2.56. The summed E-state index contributed by atoms with van der Waals surface area (Å²) in [6.07, 6.45) is 8.21. The molecule has 0 unspecified atom stereocenters. The summed E-state index contributed by atoms with van der Waals surface area (Å²) in [6.45, 7) is 9.07. The topological polar surface area (TPSA) is 157 Å². The highest BCUT2D eigenvalue weighted by atomic mass is 32.2. The van der Waals surface area contributed by atoms with Crippen molar-refractivity contribution in [1.29, 1.82) is 0 Å². The molecule has 3 amide bonds. The van der Waals surface area contributed by atoms with Crippen molar-refractivity contribution in [3.05, 3.63) is 49.6 Å². The molecule has 2 aliphatic carbocycles. The first-order valence-electron chi connectivity index (χ1n) is 16.7. The number of carbonyl (C=O) groups excluding carboxylic acids is 4. The van der Waals surface area contributed by atoms with Gasteiger partial charge >= 0.3 is 12.1 Å². The Hall–Kier alpha value is -3.65. The van der Waals surface area contributed by atoms with Gasteiger partial charge in [0.1, 0.15) is 31.0 Å². The Bertz CT molecular complexity index is 1450. The number of methoxy groups -OCH3 is 1. The van der Waals surface area contributed by atoms with E-state index >= 15 is 0 Å². The number of ether oxygens (including phenoxy) is 2. The van der Waals surface area contributed by atoms with Crippen LogP contribution < -0.4 is 16.1 Å². The van der Waals surface area contributed by atoms with E-state index in [0.29, 0.717) is 6.42 Å².